The maximum absolute atomic E-state index is 12.1. The van der Waals surface area contributed by atoms with Crippen molar-refractivity contribution in [1.29, 1.82) is 0 Å². The molecule has 0 unspecified atom stereocenters. The number of carbonyl (C=O) groups is 1. The smallest absolute Gasteiger partial charge is 0.293 e. The minimum absolute atomic E-state index is 0.0707. The molecule has 0 saturated heterocycles. The third kappa shape index (κ3) is 2.40. The van der Waals surface area contributed by atoms with E-state index in [9.17, 15) is 4.79 Å². The van der Waals surface area contributed by atoms with E-state index in [1.165, 1.54) is 0 Å². The van der Waals surface area contributed by atoms with Gasteiger partial charge in [0.2, 0.25) is 0 Å². The predicted octanol–water partition coefficient (Wildman–Crippen LogP) is 2.75. The normalized spacial score (nSPS) is 10.9. The molecule has 102 valence electrons. The SMILES string of the molecule is Cn1cccc1CNC(=O)c1ccc2oc(Cl)nc2c1. The van der Waals surface area contributed by atoms with E-state index in [1.807, 2.05) is 29.9 Å². The van der Waals surface area contributed by atoms with Crippen LogP contribution in [0.4, 0.5) is 0 Å². The van der Waals surface area contributed by atoms with Gasteiger partial charge in [-0.05, 0) is 41.9 Å². The minimum Gasteiger partial charge on any atom is -0.428 e. The maximum atomic E-state index is 12.1. The zero-order valence-corrected chi connectivity index (χ0v) is 11.5. The average molecular weight is 290 g/mol. The summed E-state index contributed by atoms with van der Waals surface area (Å²) in [6.07, 6.45) is 1.94. The number of carbonyl (C=O) groups excluding carboxylic acids is 1. The molecule has 0 fully saturated rings. The molecule has 3 aromatic rings. The zero-order valence-electron chi connectivity index (χ0n) is 10.8. The molecule has 1 amide bonds. The molecular weight excluding hydrogens is 278 g/mol. The van der Waals surface area contributed by atoms with Crippen LogP contribution < -0.4 is 5.32 Å². The van der Waals surface area contributed by atoms with E-state index < -0.39 is 0 Å². The molecule has 5 nitrogen and oxygen atoms in total. The fraction of sp³-hybridized carbons (Fsp3) is 0.143. The van der Waals surface area contributed by atoms with Crippen LogP contribution in [0.25, 0.3) is 11.1 Å². The Morgan fingerprint density at radius 2 is 2.30 bits per heavy atom. The van der Waals surface area contributed by atoms with Gasteiger partial charge >= 0.3 is 0 Å². The van der Waals surface area contributed by atoms with Gasteiger partial charge in [0.1, 0.15) is 5.52 Å². The van der Waals surface area contributed by atoms with Gasteiger partial charge in [-0.3, -0.25) is 4.79 Å². The number of amides is 1. The van der Waals surface area contributed by atoms with Crippen LogP contribution in [0.5, 0.6) is 0 Å². The summed E-state index contributed by atoms with van der Waals surface area (Å²) in [5.74, 6) is -0.160. The molecular formula is C14H12ClN3O2. The highest BCUT2D eigenvalue weighted by Gasteiger charge is 2.10. The van der Waals surface area contributed by atoms with E-state index in [-0.39, 0.29) is 11.3 Å². The summed E-state index contributed by atoms with van der Waals surface area (Å²) in [6.45, 7) is 0.472. The van der Waals surface area contributed by atoms with E-state index in [1.54, 1.807) is 18.2 Å². The second kappa shape index (κ2) is 5.02. The lowest BCUT2D eigenvalue weighted by molar-refractivity contribution is 0.0950. The molecule has 0 spiro atoms. The topological polar surface area (TPSA) is 60.1 Å². The van der Waals surface area contributed by atoms with Crippen LogP contribution in [0, 0.1) is 0 Å². The molecule has 0 aliphatic heterocycles. The fourth-order valence-electron chi connectivity index (χ4n) is 1.99. The first kappa shape index (κ1) is 12.7. The van der Waals surface area contributed by atoms with Gasteiger partial charge in [0, 0.05) is 24.5 Å². The Labute approximate surface area is 120 Å². The molecule has 2 aromatic heterocycles. The van der Waals surface area contributed by atoms with Crippen LogP contribution in [-0.4, -0.2) is 15.5 Å². The van der Waals surface area contributed by atoms with Gasteiger partial charge in [-0.15, -0.1) is 0 Å². The van der Waals surface area contributed by atoms with Crippen molar-refractivity contribution >= 4 is 28.6 Å². The van der Waals surface area contributed by atoms with Crippen molar-refractivity contribution in [3.63, 3.8) is 0 Å². The van der Waals surface area contributed by atoms with Gasteiger partial charge in [-0.1, -0.05) is 0 Å². The Morgan fingerprint density at radius 1 is 1.45 bits per heavy atom. The van der Waals surface area contributed by atoms with E-state index in [2.05, 4.69) is 10.3 Å². The summed E-state index contributed by atoms with van der Waals surface area (Å²) in [6, 6.07) is 8.92. The third-order valence-corrected chi connectivity index (χ3v) is 3.27. The van der Waals surface area contributed by atoms with Crippen LogP contribution in [0.2, 0.25) is 5.35 Å². The maximum Gasteiger partial charge on any atom is 0.293 e. The van der Waals surface area contributed by atoms with Crippen LogP contribution in [-0.2, 0) is 13.6 Å². The standard InChI is InChI=1S/C14H12ClN3O2/c1-18-6-2-3-10(18)8-16-13(19)9-4-5-12-11(7-9)17-14(15)20-12/h2-7H,8H2,1H3,(H,16,19). The van der Waals surface area contributed by atoms with Crippen molar-refractivity contribution in [2.45, 2.75) is 6.54 Å². The summed E-state index contributed by atoms with van der Waals surface area (Å²) in [5.41, 5.74) is 2.69. The number of hydrogen-bond acceptors (Lipinski definition) is 3. The first-order chi connectivity index (χ1) is 9.63. The number of aryl methyl sites for hydroxylation is 1. The highest BCUT2D eigenvalue weighted by Crippen LogP contribution is 2.19. The van der Waals surface area contributed by atoms with Gasteiger partial charge < -0.3 is 14.3 Å². The van der Waals surface area contributed by atoms with Crippen molar-refractivity contribution in [2.75, 3.05) is 0 Å². The molecule has 3 rings (SSSR count). The summed E-state index contributed by atoms with van der Waals surface area (Å²) in [7, 11) is 1.94. The molecule has 0 saturated carbocycles. The van der Waals surface area contributed by atoms with Crippen molar-refractivity contribution in [3.8, 4) is 0 Å². The predicted molar refractivity (Wildman–Crippen MR) is 75.6 cm³/mol. The highest BCUT2D eigenvalue weighted by molar-refractivity contribution is 6.28. The van der Waals surface area contributed by atoms with E-state index >= 15 is 0 Å². The third-order valence-electron chi connectivity index (χ3n) is 3.11. The number of benzene rings is 1. The minimum atomic E-state index is -0.160. The number of nitrogens with zero attached hydrogens (tertiary/aromatic N) is 2. The summed E-state index contributed by atoms with van der Waals surface area (Å²) < 4.78 is 7.12. The molecule has 0 aliphatic carbocycles. The molecule has 2 heterocycles. The summed E-state index contributed by atoms with van der Waals surface area (Å²) in [5, 5.41) is 2.93. The lowest BCUT2D eigenvalue weighted by Gasteiger charge is -2.06. The molecule has 6 heteroatoms. The van der Waals surface area contributed by atoms with Crippen molar-refractivity contribution in [1.82, 2.24) is 14.9 Å². The average Bonchev–Trinajstić information content (AvgIpc) is 2.99. The van der Waals surface area contributed by atoms with Gasteiger partial charge in [-0.25, -0.2) is 0 Å². The van der Waals surface area contributed by atoms with Crippen LogP contribution >= 0.6 is 11.6 Å². The lowest BCUT2D eigenvalue weighted by atomic mass is 10.2. The Kier molecular flexibility index (Phi) is 3.20. The van der Waals surface area contributed by atoms with Crippen molar-refractivity contribution in [2.24, 2.45) is 7.05 Å². The molecule has 20 heavy (non-hydrogen) atoms. The quantitative estimate of drug-likeness (QED) is 0.806. The molecule has 1 N–H and O–H groups in total. The van der Waals surface area contributed by atoms with Crippen LogP contribution in [0.3, 0.4) is 0 Å². The van der Waals surface area contributed by atoms with Gasteiger partial charge in [0.05, 0.1) is 6.54 Å². The largest absolute Gasteiger partial charge is 0.428 e. The Bertz CT molecular complexity index is 776. The van der Waals surface area contributed by atoms with E-state index in [0.29, 0.717) is 23.2 Å². The van der Waals surface area contributed by atoms with Crippen LogP contribution in [0.1, 0.15) is 16.1 Å². The fourth-order valence-corrected chi connectivity index (χ4v) is 2.17. The number of rotatable bonds is 3. The number of aromatic nitrogens is 2. The van der Waals surface area contributed by atoms with Crippen LogP contribution in [0.15, 0.2) is 40.9 Å². The second-order valence-electron chi connectivity index (χ2n) is 4.44. The monoisotopic (exact) mass is 289 g/mol. The van der Waals surface area contributed by atoms with E-state index in [0.717, 1.165) is 5.69 Å². The second-order valence-corrected chi connectivity index (χ2v) is 4.77. The molecule has 0 atom stereocenters. The number of hydrogen-bond donors (Lipinski definition) is 1. The zero-order chi connectivity index (χ0) is 14.1. The summed E-state index contributed by atoms with van der Waals surface area (Å²) >= 11 is 5.68. The Morgan fingerprint density at radius 3 is 3.05 bits per heavy atom. The van der Waals surface area contributed by atoms with Gasteiger partial charge in [-0.2, -0.15) is 4.98 Å². The van der Waals surface area contributed by atoms with Gasteiger partial charge in [0.25, 0.3) is 11.3 Å². The number of nitrogens with one attached hydrogen (secondary N) is 1. The highest BCUT2D eigenvalue weighted by atomic mass is 35.5. The van der Waals surface area contributed by atoms with Gasteiger partial charge in [0.15, 0.2) is 5.58 Å². The van der Waals surface area contributed by atoms with E-state index in [4.69, 9.17) is 16.0 Å². The number of fused-ring (bicyclic) bond motifs is 1. The molecule has 0 aliphatic rings. The molecule has 0 radical (unpaired) electrons. The Balaban J connectivity index is 1.76. The Hall–Kier alpha value is -2.27. The molecule has 1 aromatic carbocycles. The number of halogens is 1. The van der Waals surface area contributed by atoms with Crippen molar-refractivity contribution in [3.05, 3.63) is 53.1 Å². The molecule has 0 bridgehead atoms. The van der Waals surface area contributed by atoms with Crippen molar-refractivity contribution < 1.29 is 9.21 Å². The first-order valence-corrected chi connectivity index (χ1v) is 6.46. The lowest BCUT2D eigenvalue weighted by Crippen LogP contribution is -2.23. The number of oxazole rings is 1. The summed E-state index contributed by atoms with van der Waals surface area (Å²) in [4.78, 5) is 16.1. The first-order valence-electron chi connectivity index (χ1n) is 6.08.